The average Bonchev–Trinajstić information content (AvgIpc) is 2.39. The van der Waals surface area contributed by atoms with Crippen LogP contribution in [0.25, 0.3) is 0 Å². The molecule has 0 aliphatic rings. The summed E-state index contributed by atoms with van der Waals surface area (Å²) in [6, 6.07) is 7.87. The Labute approximate surface area is 115 Å². The average molecular weight is 264 g/mol. The van der Waals surface area contributed by atoms with Crippen LogP contribution >= 0.6 is 0 Å². The van der Waals surface area contributed by atoms with E-state index in [0.29, 0.717) is 19.0 Å². The summed E-state index contributed by atoms with van der Waals surface area (Å²) in [6.07, 6.45) is 0.778. The fourth-order valence-corrected chi connectivity index (χ4v) is 1.78. The maximum Gasteiger partial charge on any atom is 0.233 e. The molecule has 0 aliphatic heterocycles. The first-order valence-electron chi connectivity index (χ1n) is 6.72. The van der Waals surface area contributed by atoms with Gasteiger partial charge in [-0.3, -0.25) is 4.79 Å². The summed E-state index contributed by atoms with van der Waals surface area (Å²) in [5, 5.41) is 6.02. The van der Waals surface area contributed by atoms with E-state index in [1.165, 1.54) is 0 Å². The van der Waals surface area contributed by atoms with Gasteiger partial charge in [0.1, 0.15) is 5.75 Å². The quantitative estimate of drug-likeness (QED) is 0.750. The number of para-hydroxylation sites is 1. The Balaban J connectivity index is 2.24. The Morgan fingerprint density at radius 2 is 2.05 bits per heavy atom. The predicted molar refractivity (Wildman–Crippen MR) is 77.4 cm³/mol. The molecule has 1 rings (SSSR count). The molecule has 0 heterocycles. The van der Waals surface area contributed by atoms with Crippen LogP contribution in [0.1, 0.15) is 19.4 Å². The second kappa shape index (κ2) is 8.53. The number of amides is 1. The summed E-state index contributed by atoms with van der Waals surface area (Å²) in [5.41, 5.74) is 1.11. The van der Waals surface area contributed by atoms with Gasteiger partial charge in [-0.1, -0.05) is 32.0 Å². The van der Waals surface area contributed by atoms with Crippen molar-refractivity contribution in [2.45, 2.75) is 20.3 Å². The van der Waals surface area contributed by atoms with Crippen molar-refractivity contribution in [3.05, 3.63) is 29.8 Å². The van der Waals surface area contributed by atoms with Crippen LogP contribution in [0.5, 0.6) is 5.75 Å². The Morgan fingerprint density at radius 3 is 2.74 bits per heavy atom. The van der Waals surface area contributed by atoms with Crippen molar-refractivity contribution in [1.82, 2.24) is 10.6 Å². The Bertz CT molecular complexity index is 391. The lowest BCUT2D eigenvalue weighted by Gasteiger charge is -2.10. The number of carbonyl (C=O) groups is 1. The molecule has 0 fully saturated rings. The summed E-state index contributed by atoms with van der Waals surface area (Å²) in [4.78, 5) is 11.6. The van der Waals surface area contributed by atoms with Gasteiger partial charge in [-0.25, -0.2) is 0 Å². The van der Waals surface area contributed by atoms with Gasteiger partial charge in [0.05, 0.1) is 13.7 Å². The van der Waals surface area contributed by atoms with Gasteiger partial charge < -0.3 is 15.4 Å². The third-order valence-electron chi connectivity index (χ3n) is 2.75. The minimum atomic E-state index is 0.0375. The summed E-state index contributed by atoms with van der Waals surface area (Å²) >= 11 is 0. The van der Waals surface area contributed by atoms with E-state index in [4.69, 9.17) is 4.74 Å². The van der Waals surface area contributed by atoms with Crippen molar-refractivity contribution in [2.75, 3.05) is 26.7 Å². The molecule has 0 atom stereocenters. The minimum absolute atomic E-state index is 0.0375. The standard InChI is InChI=1S/C15H24N2O2/c1-12(2)10-16-11-15(18)17-9-8-13-6-4-5-7-14(13)19-3/h4-7,12,16H,8-11H2,1-3H3,(H,17,18). The molecule has 1 aromatic carbocycles. The molecule has 0 aromatic heterocycles. The topological polar surface area (TPSA) is 50.4 Å². The Kier molecular flexibility index (Phi) is 6.97. The molecule has 1 aromatic rings. The van der Waals surface area contributed by atoms with E-state index in [2.05, 4.69) is 24.5 Å². The monoisotopic (exact) mass is 264 g/mol. The maximum absolute atomic E-state index is 11.6. The second-order valence-electron chi connectivity index (χ2n) is 4.94. The van der Waals surface area contributed by atoms with Crippen LogP contribution < -0.4 is 15.4 Å². The van der Waals surface area contributed by atoms with Crippen LogP contribution in [0, 0.1) is 5.92 Å². The molecule has 4 nitrogen and oxygen atoms in total. The zero-order valence-electron chi connectivity index (χ0n) is 12.0. The molecular weight excluding hydrogens is 240 g/mol. The van der Waals surface area contributed by atoms with E-state index >= 15 is 0 Å². The second-order valence-corrected chi connectivity index (χ2v) is 4.94. The third kappa shape index (κ3) is 6.25. The minimum Gasteiger partial charge on any atom is -0.496 e. The van der Waals surface area contributed by atoms with E-state index < -0.39 is 0 Å². The molecular formula is C15H24N2O2. The molecule has 0 unspecified atom stereocenters. The van der Waals surface area contributed by atoms with Crippen molar-refractivity contribution in [3.8, 4) is 5.75 Å². The summed E-state index contributed by atoms with van der Waals surface area (Å²) in [7, 11) is 1.66. The number of benzene rings is 1. The van der Waals surface area contributed by atoms with Crippen molar-refractivity contribution >= 4 is 5.91 Å². The fourth-order valence-electron chi connectivity index (χ4n) is 1.78. The third-order valence-corrected chi connectivity index (χ3v) is 2.75. The van der Waals surface area contributed by atoms with E-state index in [-0.39, 0.29) is 5.91 Å². The first-order chi connectivity index (χ1) is 9.13. The van der Waals surface area contributed by atoms with Gasteiger partial charge in [-0.15, -0.1) is 0 Å². The molecule has 1 amide bonds. The van der Waals surface area contributed by atoms with Crippen LogP contribution in [0.2, 0.25) is 0 Å². The molecule has 0 bridgehead atoms. The van der Waals surface area contributed by atoms with Crippen molar-refractivity contribution in [2.24, 2.45) is 5.92 Å². The first kappa shape index (κ1) is 15.5. The smallest absolute Gasteiger partial charge is 0.233 e. The SMILES string of the molecule is COc1ccccc1CCNC(=O)CNCC(C)C. The largest absolute Gasteiger partial charge is 0.496 e. The highest BCUT2D eigenvalue weighted by Crippen LogP contribution is 2.17. The summed E-state index contributed by atoms with van der Waals surface area (Å²) in [5.74, 6) is 1.46. The van der Waals surface area contributed by atoms with Gasteiger partial charge in [-0.05, 0) is 30.5 Å². The van der Waals surface area contributed by atoms with E-state index in [9.17, 15) is 4.79 Å². The fraction of sp³-hybridized carbons (Fsp3) is 0.533. The molecule has 0 saturated carbocycles. The molecule has 0 radical (unpaired) electrons. The van der Waals surface area contributed by atoms with Crippen molar-refractivity contribution < 1.29 is 9.53 Å². The van der Waals surface area contributed by atoms with Gasteiger partial charge >= 0.3 is 0 Å². The lowest BCUT2D eigenvalue weighted by Crippen LogP contribution is -2.36. The lowest BCUT2D eigenvalue weighted by atomic mass is 10.1. The van der Waals surface area contributed by atoms with E-state index in [0.717, 1.165) is 24.3 Å². The normalized spacial score (nSPS) is 10.5. The number of carbonyl (C=O) groups excluding carboxylic acids is 1. The molecule has 2 N–H and O–H groups in total. The molecule has 4 heteroatoms. The van der Waals surface area contributed by atoms with Gasteiger partial charge in [0.15, 0.2) is 0 Å². The first-order valence-corrected chi connectivity index (χ1v) is 6.72. The molecule has 0 spiro atoms. The van der Waals surface area contributed by atoms with E-state index in [1.54, 1.807) is 7.11 Å². The van der Waals surface area contributed by atoms with Gasteiger partial charge in [0, 0.05) is 6.54 Å². The number of hydrogen-bond acceptors (Lipinski definition) is 3. The number of hydrogen-bond donors (Lipinski definition) is 2. The lowest BCUT2D eigenvalue weighted by molar-refractivity contribution is -0.120. The van der Waals surface area contributed by atoms with E-state index in [1.807, 2.05) is 24.3 Å². The van der Waals surface area contributed by atoms with Crippen molar-refractivity contribution in [3.63, 3.8) is 0 Å². The number of rotatable bonds is 8. The van der Waals surface area contributed by atoms with Crippen molar-refractivity contribution in [1.29, 1.82) is 0 Å². The van der Waals surface area contributed by atoms with Gasteiger partial charge in [0.2, 0.25) is 5.91 Å². The summed E-state index contributed by atoms with van der Waals surface area (Å²) in [6.45, 7) is 6.10. The van der Waals surface area contributed by atoms with Crippen LogP contribution in [0.15, 0.2) is 24.3 Å². The van der Waals surface area contributed by atoms with Crippen LogP contribution in [0.3, 0.4) is 0 Å². The maximum atomic E-state index is 11.6. The molecule has 106 valence electrons. The number of nitrogens with one attached hydrogen (secondary N) is 2. The predicted octanol–water partition coefficient (Wildman–Crippen LogP) is 1.60. The zero-order valence-corrected chi connectivity index (χ0v) is 12.0. The Morgan fingerprint density at radius 1 is 1.32 bits per heavy atom. The number of methoxy groups -OCH3 is 1. The highest BCUT2D eigenvalue weighted by atomic mass is 16.5. The number of ether oxygens (including phenoxy) is 1. The highest BCUT2D eigenvalue weighted by molar-refractivity contribution is 5.77. The highest BCUT2D eigenvalue weighted by Gasteiger charge is 2.04. The Hall–Kier alpha value is -1.55. The molecule has 0 saturated heterocycles. The molecule has 19 heavy (non-hydrogen) atoms. The summed E-state index contributed by atoms with van der Waals surface area (Å²) < 4.78 is 5.27. The van der Waals surface area contributed by atoms with Crippen LogP contribution in [-0.4, -0.2) is 32.7 Å². The van der Waals surface area contributed by atoms with Crippen LogP contribution in [-0.2, 0) is 11.2 Å². The zero-order chi connectivity index (χ0) is 14.1. The van der Waals surface area contributed by atoms with Crippen LogP contribution in [0.4, 0.5) is 0 Å². The van der Waals surface area contributed by atoms with Gasteiger partial charge in [0.25, 0.3) is 0 Å². The van der Waals surface area contributed by atoms with Gasteiger partial charge in [-0.2, -0.15) is 0 Å². The molecule has 0 aliphatic carbocycles.